The summed E-state index contributed by atoms with van der Waals surface area (Å²) in [6.07, 6.45) is 3.70. The molecule has 0 spiro atoms. The molecule has 0 amide bonds. The quantitative estimate of drug-likeness (QED) is 0.786. The SMILES string of the molecule is c1ccc(CN2CCNc3ccc(-c4ccncc4)cc3C2)cc1. The molecular weight excluding hydrogens is 294 g/mol. The normalized spacial score (nSPS) is 14.5. The van der Waals surface area contributed by atoms with Crippen molar-refractivity contribution in [3.63, 3.8) is 0 Å². The van der Waals surface area contributed by atoms with Crippen molar-refractivity contribution in [2.45, 2.75) is 13.1 Å². The number of anilines is 1. The first-order valence-electron chi connectivity index (χ1n) is 8.42. The Labute approximate surface area is 143 Å². The van der Waals surface area contributed by atoms with Crippen LogP contribution in [-0.4, -0.2) is 23.0 Å². The van der Waals surface area contributed by atoms with Crippen LogP contribution in [0.1, 0.15) is 11.1 Å². The van der Waals surface area contributed by atoms with E-state index in [2.05, 4.69) is 75.9 Å². The topological polar surface area (TPSA) is 28.2 Å². The number of benzene rings is 2. The van der Waals surface area contributed by atoms with Crippen LogP contribution in [0.25, 0.3) is 11.1 Å². The number of rotatable bonds is 3. The first-order valence-corrected chi connectivity index (χ1v) is 8.42. The van der Waals surface area contributed by atoms with Crippen molar-refractivity contribution in [1.82, 2.24) is 9.88 Å². The largest absolute Gasteiger partial charge is 0.383 e. The van der Waals surface area contributed by atoms with Crippen molar-refractivity contribution in [3.8, 4) is 11.1 Å². The van der Waals surface area contributed by atoms with Crippen molar-refractivity contribution in [2.75, 3.05) is 18.4 Å². The molecular formula is C21H21N3. The molecule has 0 saturated carbocycles. The fourth-order valence-corrected chi connectivity index (χ4v) is 3.27. The molecule has 3 aromatic rings. The van der Waals surface area contributed by atoms with Gasteiger partial charge < -0.3 is 5.32 Å². The summed E-state index contributed by atoms with van der Waals surface area (Å²) in [4.78, 5) is 6.62. The summed E-state index contributed by atoms with van der Waals surface area (Å²) in [6, 6.07) is 21.5. The molecule has 0 atom stereocenters. The minimum atomic E-state index is 0.968. The summed E-state index contributed by atoms with van der Waals surface area (Å²) in [5.41, 5.74) is 6.44. The fourth-order valence-electron chi connectivity index (χ4n) is 3.27. The number of aromatic nitrogens is 1. The lowest BCUT2D eigenvalue weighted by atomic mass is 10.0. The van der Waals surface area contributed by atoms with E-state index in [1.54, 1.807) is 0 Å². The monoisotopic (exact) mass is 315 g/mol. The molecule has 1 aliphatic rings. The maximum absolute atomic E-state index is 4.11. The van der Waals surface area contributed by atoms with E-state index < -0.39 is 0 Å². The number of nitrogens with zero attached hydrogens (tertiary/aromatic N) is 2. The Morgan fingerprint density at radius 1 is 0.917 bits per heavy atom. The van der Waals surface area contributed by atoms with Crippen LogP contribution < -0.4 is 5.32 Å². The highest BCUT2D eigenvalue weighted by molar-refractivity contribution is 5.68. The minimum Gasteiger partial charge on any atom is -0.383 e. The summed E-state index contributed by atoms with van der Waals surface area (Å²) in [5, 5.41) is 3.57. The maximum Gasteiger partial charge on any atom is 0.0386 e. The van der Waals surface area contributed by atoms with Gasteiger partial charge in [-0.15, -0.1) is 0 Å². The summed E-state index contributed by atoms with van der Waals surface area (Å²) in [7, 11) is 0. The lowest BCUT2D eigenvalue weighted by Gasteiger charge is -2.20. The van der Waals surface area contributed by atoms with Crippen molar-refractivity contribution >= 4 is 5.69 Å². The van der Waals surface area contributed by atoms with Gasteiger partial charge in [-0.1, -0.05) is 36.4 Å². The third-order valence-electron chi connectivity index (χ3n) is 4.51. The highest BCUT2D eigenvalue weighted by Gasteiger charge is 2.15. The number of pyridine rings is 1. The third-order valence-corrected chi connectivity index (χ3v) is 4.51. The molecule has 3 nitrogen and oxygen atoms in total. The second kappa shape index (κ2) is 6.85. The first-order chi connectivity index (χ1) is 11.9. The van der Waals surface area contributed by atoms with Gasteiger partial charge in [0.1, 0.15) is 0 Å². The van der Waals surface area contributed by atoms with Crippen LogP contribution in [0.2, 0.25) is 0 Å². The van der Waals surface area contributed by atoms with E-state index in [0.29, 0.717) is 0 Å². The Bertz CT molecular complexity index is 800. The summed E-state index contributed by atoms with van der Waals surface area (Å²) < 4.78 is 0. The van der Waals surface area contributed by atoms with Crippen LogP contribution in [0.3, 0.4) is 0 Å². The zero-order valence-corrected chi connectivity index (χ0v) is 13.7. The molecule has 24 heavy (non-hydrogen) atoms. The van der Waals surface area contributed by atoms with Crippen molar-refractivity contribution in [3.05, 3.63) is 84.2 Å². The van der Waals surface area contributed by atoms with Crippen LogP contribution in [0.5, 0.6) is 0 Å². The van der Waals surface area contributed by atoms with Gasteiger partial charge in [-0.25, -0.2) is 0 Å². The van der Waals surface area contributed by atoms with Gasteiger partial charge in [-0.05, 0) is 46.5 Å². The molecule has 4 rings (SSSR count). The highest BCUT2D eigenvalue weighted by Crippen LogP contribution is 2.27. The van der Waals surface area contributed by atoms with Gasteiger partial charge in [0.2, 0.25) is 0 Å². The van der Waals surface area contributed by atoms with Crippen molar-refractivity contribution in [1.29, 1.82) is 0 Å². The Morgan fingerprint density at radius 3 is 2.58 bits per heavy atom. The molecule has 0 bridgehead atoms. The predicted molar refractivity (Wildman–Crippen MR) is 98.7 cm³/mol. The van der Waals surface area contributed by atoms with Gasteiger partial charge in [-0.3, -0.25) is 9.88 Å². The standard InChI is InChI=1S/C21H21N3/c1-2-4-17(5-3-1)15-24-13-12-23-21-7-6-19(14-20(21)16-24)18-8-10-22-11-9-18/h1-11,14,23H,12-13,15-16H2. The van der Waals surface area contributed by atoms with Gasteiger partial charge in [-0.2, -0.15) is 0 Å². The fraction of sp³-hybridized carbons (Fsp3) is 0.190. The number of hydrogen-bond acceptors (Lipinski definition) is 3. The lowest BCUT2D eigenvalue weighted by molar-refractivity contribution is 0.272. The van der Waals surface area contributed by atoms with E-state index in [4.69, 9.17) is 0 Å². The van der Waals surface area contributed by atoms with Crippen LogP contribution >= 0.6 is 0 Å². The van der Waals surface area contributed by atoms with Gasteiger partial charge in [0.15, 0.2) is 0 Å². The molecule has 120 valence electrons. The van der Waals surface area contributed by atoms with E-state index in [0.717, 1.165) is 26.2 Å². The average molecular weight is 315 g/mol. The van der Waals surface area contributed by atoms with E-state index in [1.165, 1.54) is 27.9 Å². The Hall–Kier alpha value is -2.65. The zero-order chi connectivity index (χ0) is 16.2. The van der Waals surface area contributed by atoms with Gasteiger partial charge >= 0.3 is 0 Å². The molecule has 3 heteroatoms. The molecule has 0 unspecified atom stereocenters. The zero-order valence-electron chi connectivity index (χ0n) is 13.7. The van der Waals surface area contributed by atoms with Crippen LogP contribution in [-0.2, 0) is 13.1 Å². The molecule has 0 saturated heterocycles. The number of nitrogens with one attached hydrogen (secondary N) is 1. The third kappa shape index (κ3) is 3.31. The Kier molecular flexibility index (Phi) is 4.26. The molecule has 2 aromatic carbocycles. The van der Waals surface area contributed by atoms with Gasteiger partial charge in [0, 0.05) is 44.3 Å². The molecule has 1 N–H and O–H groups in total. The van der Waals surface area contributed by atoms with Crippen LogP contribution in [0.4, 0.5) is 5.69 Å². The first kappa shape index (κ1) is 14.9. The molecule has 0 radical (unpaired) electrons. The molecule has 0 aliphatic carbocycles. The number of fused-ring (bicyclic) bond motifs is 1. The second-order valence-corrected chi connectivity index (χ2v) is 6.23. The predicted octanol–water partition coefficient (Wildman–Crippen LogP) is 4.18. The van der Waals surface area contributed by atoms with E-state index >= 15 is 0 Å². The molecule has 2 heterocycles. The van der Waals surface area contributed by atoms with Gasteiger partial charge in [0.05, 0.1) is 0 Å². The van der Waals surface area contributed by atoms with Crippen molar-refractivity contribution < 1.29 is 0 Å². The van der Waals surface area contributed by atoms with E-state index in [-0.39, 0.29) is 0 Å². The molecule has 0 fully saturated rings. The Morgan fingerprint density at radius 2 is 1.75 bits per heavy atom. The maximum atomic E-state index is 4.11. The van der Waals surface area contributed by atoms with E-state index in [1.807, 2.05) is 12.4 Å². The van der Waals surface area contributed by atoms with Crippen molar-refractivity contribution in [2.24, 2.45) is 0 Å². The van der Waals surface area contributed by atoms with Crippen LogP contribution in [0, 0.1) is 0 Å². The summed E-state index contributed by atoms with van der Waals surface area (Å²) in [6.45, 7) is 3.99. The Balaban J connectivity index is 1.59. The number of hydrogen-bond donors (Lipinski definition) is 1. The minimum absolute atomic E-state index is 0.968. The summed E-state index contributed by atoms with van der Waals surface area (Å²) >= 11 is 0. The summed E-state index contributed by atoms with van der Waals surface area (Å²) in [5.74, 6) is 0. The molecule has 1 aliphatic heterocycles. The highest BCUT2D eigenvalue weighted by atomic mass is 15.1. The second-order valence-electron chi connectivity index (χ2n) is 6.23. The van der Waals surface area contributed by atoms with Crippen LogP contribution in [0.15, 0.2) is 73.1 Å². The average Bonchev–Trinajstić information content (AvgIpc) is 2.84. The van der Waals surface area contributed by atoms with Gasteiger partial charge in [0.25, 0.3) is 0 Å². The smallest absolute Gasteiger partial charge is 0.0386 e. The lowest BCUT2D eigenvalue weighted by Crippen LogP contribution is -2.25. The molecule has 1 aromatic heterocycles. The van der Waals surface area contributed by atoms with E-state index in [9.17, 15) is 0 Å².